The first-order valence-corrected chi connectivity index (χ1v) is 8.85. The van der Waals surface area contributed by atoms with E-state index in [1.54, 1.807) is 0 Å². The molecule has 0 spiro atoms. The minimum Gasteiger partial charge on any atom is -0.298 e. The van der Waals surface area contributed by atoms with E-state index in [1.165, 1.54) is 54.5 Å². The maximum absolute atomic E-state index is 4.63. The van der Waals surface area contributed by atoms with Crippen LogP contribution < -0.4 is 0 Å². The Bertz CT molecular complexity index is 470. The van der Waals surface area contributed by atoms with Gasteiger partial charge in [-0.1, -0.05) is 6.92 Å². The molecule has 3 atom stereocenters. The monoisotopic (exact) mass is 293 g/mol. The van der Waals surface area contributed by atoms with Crippen LogP contribution in [-0.2, 0) is 0 Å². The molecule has 0 radical (unpaired) electrons. The van der Waals surface area contributed by atoms with Crippen LogP contribution in [0, 0.1) is 13.8 Å². The number of hydrogen-bond acceptors (Lipinski definition) is 4. The second kappa shape index (κ2) is 5.74. The lowest BCUT2D eigenvalue weighted by atomic mass is 10.0. The van der Waals surface area contributed by atoms with E-state index in [-0.39, 0.29) is 0 Å². The number of nitrogens with zero attached hydrogens (tertiary/aromatic N) is 3. The van der Waals surface area contributed by atoms with Crippen molar-refractivity contribution in [1.29, 1.82) is 0 Å². The average molecular weight is 293 g/mol. The van der Waals surface area contributed by atoms with Crippen molar-refractivity contribution in [3.63, 3.8) is 0 Å². The molecule has 0 bridgehead atoms. The van der Waals surface area contributed by atoms with E-state index in [1.807, 2.05) is 11.3 Å². The van der Waals surface area contributed by atoms with Gasteiger partial charge in [-0.3, -0.25) is 9.80 Å². The third-order valence-corrected chi connectivity index (χ3v) is 6.37. The van der Waals surface area contributed by atoms with Gasteiger partial charge >= 0.3 is 0 Å². The van der Waals surface area contributed by atoms with Gasteiger partial charge in [-0.2, -0.15) is 0 Å². The van der Waals surface area contributed by atoms with Crippen LogP contribution in [0.1, 0.15) is 54.7 Å². The highest BCUT2D eigenvalue weighted by Crippen LogP contribution is 2.35. The molecule has 20 heavy (non-hydrogen) atoms. The highest BCUT2D eigenvalue weighted by atomic mass is 32.1. The first kappa shape index (κ1) is 14.5. The molecule has 1 aromatic heterocycles. The zero-order valence-corrected chi connectivity index (χ0v) is 14.0. The lowest BCUT2D eigenvalue weighted by molar-refractivity contribution is 0.0235. The normalized spacial score (nSPS) is 29.6. The molecule has 3 heterocycles. The van der Waals surface area contributed by atoms with E-state index in [9.17, 15) is 0 Å². The van der Waals surface area contributed by atoms with Crippen molar-refractivity contribution in [3.8, 4) is 0 Å². The zero-order valence-electron chi connectivity index (χ0n) is 13.2. The first-order chi connectivity index (χ1) is 9.60. The summed E-state index contributed by atoms with van der Waals surface area (Å²) in [7, 11) is 0. The third kappa shape index (κ3) is 2.53. The van der Waals surface area contributed by atoms with Crippen molar-refractivity contribution in [2.75, 3.05) is 19.6 Å². The van der Waals surface area contributed by atoms with Gasteiger partial charge in [0.1, 0.15) is 0 Å². The van der Waals surface area contributed by atoms with Crippen molar-refractivity contribution in [3.05, 3.63) is 15.6 Å². The number of fused-ring (bicyclic) bond motifs is 1. The van der Waals surface area contributed by atoms with Gasteiger partial charge in [0.15, 0.2) is 0 Å². The molecule has 112 valence electrons. The van der Waals surface area contributed by atoms with Gasteiger partial charge in [-0.15, -0.1) is 11.3 Å². The number of aryl methyl sites for hydroxylation is 2. The maximum Gasteiger partial charge on any atom is 0.0900 e. The number of piperazine rings is 1. The molecule has 4 heteroatoms. The fourth-order valence-corrected chi connectivity index (χ4v) is 5.03. The van der Waals surface area contributed by atoms with Gasteiger partial charge < -0.3 is 0 Å². The quantitative estimate of drug-likeness (QED) is 0.851. The van der Waals surface area contributed by atoms with Crippen molar-refractivity contribution in [1.82, 2.24) is 14.8 Å². The largest absolute Gasteiger partial charge is 0.298 e. The Kier molecular flexibility index (Phi) is 4.16. The van der Waals surface area contributed by atoms with Crippen LogP contribution in [0.5, 0.6) is 0 Å². The lowest BCUT2D eigenvalue weighted by Crippen LogP contribution is -2.56. The minimum absolute atomic E-state index is 0.522. The number of thiazole rings is 1. The van der Waals surface area contributed by atoms with Crippen LogP contribution in [0.2, 0.25) is 0 Å². The summed E-state index contributed by atoms with van der Waals surface area (Å²) < 4.78 is 0. The SMILES string of the molecule is CCC1CN2CCCC2CN1C(C)c1sc(C)nc1C. The molecule has 2 aliphatic rings. The highest BCUT2D eigenvalue weighted by Gasteiger charge is 2.38. The summed E-state index contributed by atoms with van der Waals surface area (Å²) in [5.41, 5.74) is 1.24. The van der Waals surface area contributed by atoms with E-state index >= 15 is 0 Å². The Hall–Kier alpha value is -0.450. The number of hydrogen-bond donors (Lipinski definition) is 0. The van der Waals surface area contributed by atoms with Gasteiger partial charge in [-0.05, 0) is 46.6 Å². The molecule has 3 rings (SSSR count). The summed E-state index contributed by atoms with van der Waals surface area (Å²) in [6.07, 6.45) is 4.03. The van der Waals surface area contributed by atoms with Crippen molar-refractivity contribution >= 4 is 11.3 Å². The summed E-state index contributed by atoms with van der Waals surface area (Å²) in [5, 5.41) is 1.21. The molecular formula is C16H27N3S. The molecule has 2 aliphatic heterocycles. The summed E-state index contributed by atoms with van der Waals surface area (Å²) in [6, 6.07) is 2.03. The molecule has 0 saturated carbocycles. The highest BCUT2D eigenvalue weighted by molar-refractivity contribution is 7.11. The Morgan fingerprint density at radius 1 is 1.35 bits per heavy atom. The van der Waals surface area contributed by atoms with E-state index in [0.717, 1.165) is 6.04 Å². The van der Waals surface area contributed by atoms with Gasteiger partial charge in [0.2, 0.25) is 0 Å². The predicted molar refractivity (Wildman–Crippen MR) is 85.4 cm³/mol. The van der Waals surface area contributed by atoms with Crippen LogP contribution >= 0.6 is 11.3 Å². The summed E-state index contributed by atoms with van der Waals surface area (Å²) in [6.45, 7) is 12.8. The van der Waals surface area contributed by atoms with Crippen LogP contribution in [0.25, 0.3) is 0 Å². The lowest BCUT2D eigenvalue weighted by Gasteiger charge is -2.46. The second-order valence-corrected chi connectivity index (χ2v) is 7.64. The van der Waals surface area contributed by atoms with Crippen molar-refractivity contribution in [2.24, 2.45) is 0 Å². The maximum atomic E-state index is 4.63. The Morgan fingerprint density at radius 2 is 2.15 bits per heavy atom. The summed E-state index contributed by atoms with van der Waals surface area (Å²) in [5.74, 6) is 0. The summed E-state index contributed by atoms with van der Waals surface area (Å²) in [4.78, 5) is 11.6. The molecule has 0 aliphatic carbocycles. The molecule has 1 aromatic rings. The fraction of sp³-hybridized carbons (Fsp3) is 0.812. The smallest absolute Gasteiger partial charge is 0.0900 e. The van der Waals surface area contributed by atoms with Crippen LogP contribution in [0.4, 0.5) is 0 Å². The zero-order chi connectivity index (χ0) is 14.3. The van der Waals surface area contributed by atoms with Crippen LogP contribution in [0.3, 0.4) is 0 Å². The van der Waals surface area contributed by atoms with E-state index in [0.29, 0.717) is 12.1 Å². The molecule has 3 unspecified atom stereocenters. The Morgan fingerprint density at radius 3 is 2.80 bits per heavy atom. The van der Waals surface area contributed by atoms with Crippen molar-refractivity contribution in [2.45, 2.75) is 65.1 Å². The third-order valence-electron chi connectivity index (χ3n) is 5.12. The fourth-order valence-electron chi connectivity index (χ4n) is 4.03. The van der Waals surface area contributed by atoms with Crippen LogP contribution in [0.15, 0.2) is 0 Å². The minimum atomic E-state index is 0.522. The number of aromatic nitrogens is 1. The average Bonchev–Trinajstić information content (AvgIpc) is 3.01. The van der Waals surface area contributed by atoms with Gasteiger partial charge in [0, 0.05) is 36.1 Å². The molecule has 0 aromatic carbocycles. The molecule has 3 nitrogen and oxygen atoms in total. The molecule has 0 N–H and O–H groups in total. The molecule has 2 fully saturated rings. The molecular weight excluding hydrogens is 266 g/mol. The van der Waals surface area contributed by atoms with Gasteiger partial charge in [0.05, 0.1) is 10.7 Å². The second-order valence-electron chi connectivity index (χ2n) is 6.41. The standard InChI is InChI=1S/C16H27N3S/c1-5-14-9-18-8-6-7-15(18)10-19(14)12(3)16-11(2)17-13(4)20-16/h12,14-15H,5-10H2,1-4H3. The molecule has 0 amide bonds. The Balaban J connectivity index is 1.81. The Labute approximate surface area is 127 Å². The summed E-state index contributed by atoms with van der Waals surface area (Å²) >= 11 is 1.89. The molecule has 2 saturated heterocycles. The van der Waals surface area contributed by atoms with E-state index in [2.05, 4.69) is 42.5 Å². The van der Waals surface area contributed by atoms with Gasteiger partial charge in [-0.25, -0.2) is 4.98 Å². The topological polar surface area (TPSA) is 19.4 Å². The van der Waals surface area contributed by atoms with Crippen molar-refractivity contribution < 1.29 is 0 Å². The predicted octanol–water partition coefficient (Wildman–Crippen LogP) is 3.38. The van der Waals surface area contributed by atoms with Crippen LogP contribution in [-0.4, -0.2) is 46.5 Å². The van der Waals surface area contributed by atoms with Gasteiger partial charge in [0.25, 0.3) is 0 Å². The van der Waals surface area contributed by atoms with E-state index in [4.69, 9.17) is 0 Å². The van der Waals surface area contributed by atoms with E-state index < -0.39 is 0 Å². The first-order valence-electron chi connectivity index (χ1n) is 8.03. The number of rotatable bonds is 3.